The van der Waals surface area contributed by atoms with E-state index in [4.69, 9.17) is 10.5 Å². The molecule has 3 aliphatic rings. The van der Waals surface area contributed by atoms with E-state index in [1.54, 1.807) is 32.6 Å². The number of nitrogens with two attached hydrogens (primary N) is 1. The zero-order valence-electron chi connectivity index (χ0n) is 25.9. The summed E-state index contributed by atoms with van der Waals surface area (Å²) in [6.45, 7) is 7.17. The standard InChI is InChI=1S/C32H49N5O5/c1-20(36(5)31(41)42-32(2,3)4)28(38)35-27(22-13-7-6-8-14-22)30(40)37-19-23(33)18-26(37)29(39)34-25-17-11-15-21-12-9-10-16-24(21)25/h9-10,12,16,20,22-23,25-27H,6-8,11,13-15,17-19,33H2,1-5H3,(H,34,39)(H,35,38)/t20-,23-,25+,26-,27-/m0/s1. The van der Waals surface area contributed by atoms with Gasteiger partial charge in [0.2, 0.25) is 17.7 Å². The monoisotopic (exact) mass is 583 g/mol. The number of carbonyl (C=O) groups is 4. The van der Waals surface area contributed by atoms with E-state index in [0.717, 1.165) is 56.9 Å². The van der Waals surface area contributed by atoms with Gasteiger partial charge >= 0.3 is 6.09 Å². The molecule has 4 amide bonds. The number of hydrogen-bond donors (Lipinski definition) is 3. The highest BCUT2D eigenvalue weighted by Crippen LogP contribution is 2.32. The summed E-state index contributed by atoms with van der Waals surface area (Å²) < 4.78 is 5.43. The van der Waals surface area contributed by atoms with Crippen molar-refractivity contribution in [2.24, 2.45) is 11.7 Å². The van der Waals surface area contributed by atoms with Gasteiger partial charge in [0.1, 0.15) is 23.7 Å². The number of ether oxygens (including phenoxy) is 1. The number of nitrogens with zero attached hydrogens (tertiary/aromatic N) is 2. The Morgan fingerprint density at radius 1 is 1.05 bits per heavy atom. The van der Waals surface area contributed by atoms with Crippen molar-refractivity contribution in [3.05, 3.63) is 35.4 Å². The Balaban J connectivity index is 1.50. The van der Waals surface area contributed by atoms with Gasteiger partial charge in [-0.2, -0.15) is 0 Å². The Morgan fingerprint density at radius 3 is 2.43 bits per heavy atom. The summed E-state index contributed by atoms with van der Waals surface area (Å²) >= 11 is 0. The van der Waals surface area contributed by atoms with E-state index in [-0.39, 0.29) is 36.4 Å². The van der Waals surface area contributed by atoms with Crippen LogP contribution in [0.15, 0.2) is 24.3 Å². The minimum atomic E-state index is -0.856. The van der Waals surface area contributed by atoms with Crippen LogP contribution in [0.1, 0.15) is 96.2 Å². The van der Waals surface area contributed by atoms with Gasteiger partial charge in [-0.15, -0.1) is 0 Å². The first-order chi connectivity index (χ1) is 19.9. The lowest BCUT2D eigenvalue weighted by molar-refractivity contribution is -0.143. The summed E-state index contributed by atoms with van der Waals surface area (Å²) in [4.78, 5) is 56.8. The first-order valence-electron chi connectivity index (χ1n) is 15.6. The number of nitrogens with one attached hydrogen (secondary N) is 2. The van der Waals surface area contributed by atoms with Crippen molar-refractivity contribution in [2.45, 2.75) is 121 Å². The van der Waals surface area contributed by atoms with Crippen LogP contribution in [0.5, 0.6) is 0 Å². The van der Waals surface area contributed by atoms with Crippen LogP contribution in [-0.2, 0) is 25.5 Å². The second-order valence-corrected chi connectivity index (χ2v) is 13.3. The zero-order chi connectivity index (χ0) is 30.6. The number of likely N-dealkylation sites (N-methyl/N-ethyl adjacent to an activating group) is 1. The van der Waals surface area contributed by atoms with Crippen molar-refractivity contribution >= 4 is 23.8 Å². The van der Waals surface area contributed by atoms with Crippen molar-refractivity contribution in [3.8, 4) is 0 Å². The fourth-order valence-electron chi connectivity index (χ4n) is 6.50. The molecular formula is C32H49N5O5. The largest absolute Gasteiger partial charge is 0.444 e. The quantitative estimate of drug-likeness (QED) is 0.450. The van der Waals surface area contributed by atoms with Crippen LogP contribution >= 0.6 is 0 Å². The lowest BCUT2D eigenvalue weighted by Gasteiger charge is -2.36. The highest BCUT2D eigenvalue weighted by Gasteiger charge is 2.44. The molecule has 1 aliphatic heterocycles. The van der Waals surface area contributed by atoms with Crippen LogP contribution in [0.25, 0.3) is 0 Å². The van der Waals surface area contributed by atoms with E-state index in [2.05, 4.69) is 22.8 Å². The predicted molar refractivity (Wildman–Crippen MR) is 160 cm³/mol. The lowest BCUT2D eigenvalue weighted by atomic mass is 9.83. The third kappa shape index (κ3) is 7.62. The lowest BCUT2D eigenvalue weighted by Crippen LogP contribution is -2.59. The Kier molecular flexibility index (Phi) is 10.2. The van der Waals surface area contributed by atoms with Gasteiger partial charge in [-0.25, -0.2) is 4.79 Å². The summed E-state index contributed by atoms with van der Waals surface area (Å²) in [6, 6.07) is 5.38. The van der Waals surface area contributed by atoms with Crippen molar-refractivity contribution in [3.63, 3.8) is 0 Å². The molecule has 10 heteroatoms. The second kappa shape index (κ2) is 13.4. The minimum absolute atomic E-state index is 0.0556. The van der Waals surface area contributed by atoms with Gasteiger partial charge in [-0.05, 0) is 83.3 Å². The Labute approximate surface area is 250 Å². The summed E-state index contributed by atoms with van der Waals surface area (Å²) in [5.41, 5.74) is 8.01. The second-order valence-electron chi connectivity index (χ2n) is 13.3. The zero-order valence-corrected chi connectivity index (χ0v) is 25.9. The predicted octanol–water partition coefficient (Wildman–Crippen LogP) is 3.43. The van der Waals surface area contributed by atoms with E-state index < -0.39 is 35.7 Å². The topological polar surface area (TPSA) is 134 Å². The first kappa shape index (κ1) is 31.8. The minimum Gasteiger partial charge on any atom is -0.444 e. The molecule has 0 unspecified atom stereocenters. The van der Waals surface area contributed by atoms with Crippen molar-refractivity contribution in [2.75, 3.05) is 13.6 Å². The molecule has 10 nitrogen and oxygen atoms in total. The van der Waals surface area contributed by atoms with E-state index in [1.165, 1.54) is 17.5 Å². The SMILES string of the molecule is C[C@@H](C(=O)N[C@H](C(=O)N1C[C@@H](N)C[C@H]1C(=O)N[C@@H]1CCCc2ccccc21)C1CCCCC1)N(C)C(=O)OC(C)(C)C. The molecule has 0 aromatic heterocycles. The number of amides is 4. The van der Waals surface area contributed by atoms with Crippen molar-refractivity contribution in [1.29, 1.82) is 0 Å². The van der Waals surface area contributed by atoms with E-state index >= 15 is 0 Å². The van der Waals surface area contributed by atoms with E-state index in [1.807, 2.05) is 12.1 Å². The van der Waals surface area contributed by atoms with Gasteiger partial charge < -0.3 is 26.0 Å². The third-order valence-corrected chi connectivity index (χ3v) is 8.93. The number of carbonyl (C=O) groups excluding carboxylic acids is 4. The van der Waals surface area contributed by atoms with Crippen molar-refractivity contribution in [1.82, 2.24) is 20.4 Å². The van der Waals surface area contributed by atoms with Crippen LogP contribution < -0.4 is 16.4 Å². The van der Waals surface area contributed by atoms with E-state index in [0.29, 0.717) is 6.42 Å². The van der Waals surface area contributed by atoms with Crippen LogP contribution in [0.2, 0.25) is 0 Å². The fraction of sp³-hybridized carbons (Fsp3) is 0.688. The van der Waals surface area contributed by atoms with Gasteiger partial charge in [0.15, 0.2) is 0 Å². The van der Waals surface area contributed by atoms with Crippen molar-refractivity contribution < 1.29 is 23.9 Å². The molecule has 1 saturated carbocycles. The number of rotatable bonds is 7. The molecule has 232 valence electrons. The van der Waals surface area contributed by atoms with E-state index in [9.17, 15) is 19.2 Å². The molecule has 1 aromatic carbocycles. The van der Waals surface area contributed by atoms with Crippen LogP contribution in [0.3, 0.4) is 0 Å². The molecule has 2 fully saturated rings. The van der Waals surface area contributed by atoms with Crippen LogP contribution in [0, 0.1) is 5.92 Å². The first-order valence-corrected chi connectivity index (χ1v) is 15.6. The van der Waals surface area contributed by atoms with Gasteiger partial charge in [-0.1, -0.05) is 43.5 Å². The smallest absolute Gasteiger partial charge is 0.410 e. The molecule has 0 bridgehead atoms. The molecule has 5 atom stereocenters. The molecule has 1 aromatic rings. The Morgan fingerprint density at radius 2 is 1.74 bits per heavy atom. The maximum atomic E-state index is 14.2. The average Bonchev–Trinajstić information content (AvgIpc) is 3.36. The number of hydrogen-bond acceptors (Lipinski definition) is 6. The molecule has 42 heavy (non-hydrogen) atoms. The molecule has 1 heterocycles. The van der Waals surface area contributed by atoms with Gasteiger partial charge in [-0.3, -0.25) is 19.3 Å². The van der Waals surface area contributed by atoms with Gasteiger partial charge in [0, 0.05) is 19.6 Å². The summed E-state index contributed by atoms with van der Waals surface area (Å²) in [7, 11) is 1.51. The summed E-state index contributed by atoms with van der Waals surface area (Å²) in [6.07, 6.45) is 7.24. The van der Waals surface area contributed by atoms with Crippen LogP contribution in [-0.4, -0.2) is 77.0 Å². The molecule has 0 spiro atoms. The number of likely N-dealkylation sites (tertiary alicyclic amines) is 1. The highest BCUT2D eigenvalue weighted by atomic mass is 16.6. The Bertz CT molecular complexity index is 1140. The molecular weight excluding hydrogens is 534 g/mol. The maximum absolute atomic E-state index is 14.2. The maximum Gasteiger partial charge on any atom is 0.410 e. The third-order valence-electron chi connectivity index (χ3n) is 8.93. The van der Waals surface area contributed by atoms with Crippen LogP contribution in [0.4, 0.5) is 4.79 Å². The summed E-state index contributed by atoms with van der Waals surface area (Å²) in [5.74, 6) is -0.972. The highest BCUT2D eigenvalue weighted by molar-refractivity contribution is 5.94. The number of aryl methyl sites for hydroxylation is 1. The summed E-state index contributed by atoms with van der Waals surface area (Å²) in [5, 5.41) is 6.19. The molecule has 1 saturated heterocycles. The van der Waals surface area contributed by atoms with Gasteiger partial charge in [0.25, 0.3) is 0 Å². The molecule has 2 aliphatic carbocycles. The molecule has 4 N–H and O–H groups in total. The average molecular weight is 584 g/mol. The number of fused-ring (bicyclic) bond motifs is 1. The Hall–Kier alpha value is -3.14. The van der Waals surface area contributed by atoms with Gasteiger partial charge in [0.05, 0.1) is 6.04 Å². The molecule has 4 rings (SSSR count). The normalized spacial score (nSPS) is 24.2. The fourth-order valence-corrected chi connectivity index (χ4v) is 6.50. The molecule has 0 radical (unpaired) electrons. The number of benzene rings is 1.